The zero-order chi connectivity index (χ0) is 42.0. The van der Waals surface area contributed by atoms with Crippen LogP contribution in [0, 0.1) is 5.41 Å². The van der Waals surface area contributed by atoms with E-state index >= 15 is 0 Å². The van der Waals surface area contributed by atoms with Crippen LogP contribution in [0.2, 0.25) is 5.04 Å². The molecule has 0 aliphatic heterocycles. The molecule has 0 spiro atoms. The molecule has 9 nitrogen and oxygen atoms in total. The highest BCUT2D eigenvalue weighted by Gasteiger charge is 2.51. The van der Waals surface area contributed by atoms with Crippen molar-refractivity contribution in [2.24, 2.45) is 11.1 Å². The Balaban J connectivity index is 1.54. The summed E-state index contributed by atoms with van der Waals surface area (Å²) in [4.78, 5) is 20.5. The van der Waals surface area contributed by atoms with Gasteiger partial charge in [-0.2, -0.15) is 13.2 Å². The molecule has 306 valence electrons. The lowest BCUT2D eigenvalue weighted by Crippen LogP contribution is -2.67. The van der Waals surface area contributed by atoms with Crippen molar-refractivity contribution in [3.05, 3.63) is 121 Å². The smallest absolute Gasteiger partial charge is 0.406 e. The highest BCUT2D eigenvalue weighted by Crippen LogP contribution is 2.44. The van der Waals surface area contributed by atoms with Gasteiger partial charge in [-0.3, -0.25) is 9.78 Å². The molecular formula is C45H51F3N4O5Si. The van der Waals surface area contributed by atoms with Crippen LogP contribution in [0.5, 0.6) is 0 Å². The van der Waals surface area contributed by atoms with E-state index in [4.69, 9.17) is 19.3 Å². The van der Waals surface area contributed by atoms with Crippen LogP contribution in [-0.4, -0.2) is 59.9 Å². The van der Waals surface area contributed by atoms with Gasteiger partial charge in [0.25, 0.3) is 8.32 Å². The van der Waals surface area contributed by atoms with Crippen LogP contribution in [0.25, 0.3) is 33.4 Å². The average molecular weight is 813 g/mol. The normalized spacial score (nSPS) is 13.8. The molecule has 3 heterocycles. The number of carbonyl (C=O) groups is 1. The number of nitrogens with zero attached hydrogens (tertiary/aromatic N) is 3. The number of halogens is 3. The molecule has 58 heavy (non-hydrogen) atoms. The summed E-state index contributed by atoms with van der Waals surface area (Å²) >= 11 is 0. The van der Waals surface area contributed by atoms with E-state index in [1.807, 2.05) is 49.4 Å². The number of methoxy groups -OCH3 is 1. The van der Waals surface area contributed by atoms with Gasteiger partial charge in [0.15, 0.2) is 5.89 Å². The standard InChI is InChI=1S/C45H51F3N4O5Si/c1-29(55-7)40-33(19-14-22-50-40)41-35(25-44(5,6)28-57-58(43(2,3)4,31-15-10-8-11-16-31)32-17-12-9-13-18-32)34-23-30(20-21-38(34)52(41)27-45(46,47)48)37-26-56-39(51-37)24-36(49)42(53)54/h8-23,26,29,36H,24-25,27-28,49H2,1-7H3,(H,53,54)/t29-,36-/m0/s1. The highest BCUT2D eigenvalue weighted by atomic mass is 28.4. The SMILES string of the molecule is CO[C@@H](C)c1ncccc1-c1c(CC(C)(C)CO[Si](c2ccccc2)(c2ccccc2)C(C)(C)C)c2cc(-c3coc(C[C@H](N)C(=O)O)n3)ccc2n1CC(F)(F)F. The number of rotatable bonds is 15. The van der Waals surface area contributed by atoms with E-state index in [1.165, 1.54) is 10.8 Å². The van der Waals surface area contributed by atoms with Gasteiger partial charge < -0.3 is 29.0 Å². The topological polar surface area (TPSA) is 126 Å². The number of aliphatic carboxylic acids is 1. The molecule has 3 N–H and O–H groups in total. The molecule has 13 heteroatoms. The summed E-state index contributed by atoms with van der Waals surface area (Å²) in [5.41, 5.74) is 8.61. The first-order valence-corrected chi connectivity index (χ1v) is 21.1. The third-order valence-electron chi connectivity index (χ3n) is 10.6. The highest BCUT2D eigenvalue weighted by molar-refractivity contribution is 6.99. The van der Waals surface area contributed by atoms with Gasteiger partial charge in [-0.1, -0.05) is 101 Å². The van der Waals surface area contributed by atoms with Gasteiger partial charge in [0.1, 0.15) is 24.5 Å². The average Bonchev–Trinajstić information content (AvgIpc) is 3.76. The largest absolute Gasteiger partial charge is 0.480 e. The second-order valence-electron chi connectivity index (χ2n) is 16.6. The van der Waals surface area contributed by atoms with Crippen LogP contribution in [0.1, 0.15) is 64.8 Å². The molecular weight excluding hydrogens is 762 g/mol. The summed E-state index contributed by atoms with van der Waals surface area (Å²) in [7, 11) is -1.43. The van der Waals surface area contributed by atoms with Crippen molar-refractivity contribution in [3.8, 4) is 22.5 Å². The number of ether oxygens (including phenoxy) is 1. The number of carboxylic acids is 1. The number of benzene rings is 3. The van der Waals surface area contributed by atoms with Crippen LogP contribution in [-0.2, 0) is 33.3 Å². The van der Waals surface area contributed by atoms with Crippen molar-refractivity contribution < 1.29 is 36.7 Å². The fourth-order valence-corrected chi connectivity index (χ4v) is 12.6. The van der Waals surface area contributed by atoms with E-state index in [9.17, 15) is 23.1 Å². The Morgan fingerprint density at radius 1 is 0.948 bits per heavy atom. The van der Waals surface area contributed by atoms with Crippen molar-refractivity contribution in [1.29, 1.82) is 0 Å². The van der Waals surface area contributed by atoms with Gasteiger partial charge in [-0.25, -0.2) is 4.98 Å². The molecule has 0 aliphatic rings. The number of aromatic nitrogens is 3. The summed E-state index contributed by atoms with van der Waals surface area (Å²) in [6.07, 6.45) is -1.86. The van der Waals surface area contributed by atoms with Gasteiger partial charge in [0.2, 0.25) is 0 Å². The third-order valence-corrected chi connectivity index (χ3v) is 15.6. The van der Waals surface area contributed by atoms with E-state index in [2.05, 4.69) is 68.9 Å². The second kappa shape index (κ2) is 16.6. The Labute approximate surface area is 338 Å². The van der Waals surface area contributed by atoms with E-state index in [-0.39, 0.29) is 17.3 Å². The molecule has 0 unspecified atom stereocenters. The van der Waals surface area contributed by atoms with Gasteiger partial charge in [-0.15, -0.1) is 0 Å². The van der Waals surface area contributed by atoms with Crippen molar-refractivity contribution >= 4 is 35.6 Å². The van der Waals surface area contributed by atoms with Crippen molar-refractivity contribution in [1.82, 2.24) is 14.5 Å². The number of alkyl halides is 3. The predicted octanol–water partition coefficient (Wildman–Crippen LogP) is 8.73. The first-order valence-electron chi connectivity index (χ1n) is 19.2. The van der Waals surface area contributed by atoms with Gasteiger partial charge in [0, 0.05) is 41.9 Å². The Morgan fingerprint density at radius 3 is 2.16 bits per heavy atom. The Bertz CT molecular complexity index is 2310. The summed E-state index contributed by atoms with van der Waals surface area (Å²) in [5, 5.41) is 11.9. The molecule has 0 bridgehead atoms. The Hall–Kier alpha value is -5.08. The number of hydrogen-bond acceptors (Lipinski definition) is 7. The van der Waals surface area contributed by atoms with Crippen LogP contribution < -0.4 is 16.1 Å². The fourth-order valence-electron chi connectivity index (χ4n) is 7.87. The van der Waals surface area contributed by atoms with E-state index in [0.29, 0.717) is 57.7 Å². The zero-order valence-electron chi connectivity index (χ0n) is 33.9. The van der Waals surface area contributed by atoms with Crippen LogP contribution >= 0.6 is 0 Å². The summed E-state index contributed by atoms with van der Waals surface area (Å²) < 4.78 is 64.1. The molecule has 0 amide bonds. The minimum Gasteiger partial charge on any atom is -0.480 e. The molecule has 0 aliphatic carbocycles. The Morgan fingerprint density at radius 2 is 1.59 bits per heavy atom. The number of pyridine rings is 1. The maximum Gasteiger partial charge on any atom is 0.406 e. The molecule has 6 aromatic rings. The molecule has 3 aromatic heterocycles. The van der Waals surface area contributed by atoms with Gasteiger partial charge in [-0.05, 0) is 64.0 Å². The lowest BCUT2D eigenvalue weighted by atomic mass is 9.84. The first kappa shape index (κ1) is 42.5. The fraction of sp³-hybridized carbons (Fsp3) is 0.356. The summed E-state index contributed by atoms with van der Waals surface area (Å²) in [5.74, 6) is -1.06. The van der Waals surface area contributed by atoms with Crippen molar-refractivity contribution in [2.75, 3.05) is 13.7 Å². The molecule has 0 radical (unpaired) electrons. The monoisotopic (exact) mass is 812 g/mol. The summed E-state index contributed by atoms with van der Waals surface area (Å²) in [6, 6.07) is 28.1. The van der Waals surface area contributed by atoms with Crippen molar-refractivity contribution in [2.45, 2.75) is 84.3 Å². The minimum absolute atomic E-state index is 0.129. The quantitative estimate of drug-likeness (QED) is 0.0987. The van der Waals surface area contributed by atoms with Crippen LogP contribution in [0.4, 0.5) is 13.2 Å². The molecule has 6 rings (SSSR count). The maximum atomic E-state index is 14.7. The van der Waals surface area contributed by atoms with Crippen LogP contribution in [0.3, 0.4) is 0 Å². The van der Waals surface area contributed by atoms with Gasteiger partial charge in [0.05, 0.1) is 23.9 Å². The lowest BCUT2D eigenvalue weighted by molar-refractivity contribution is -0.140. The Kier molecular flexibility index (Phi) is 12.2. The first-order chi connectivity index (χ1) is 27.3. The molecule has 0 fully saturated rings. The van der Waals surface area contributed by atoms with E-state index in [0.717, 1.165) is 10.4 Å². The third kappa shape index (κ3) is 8.82. The number of nitrogens with two attached hydrogens (primary N) is 1. The van der Waals surface area contributed by atoms with Gasteiger partial charge >= 0.3 is 12.1 Å². The van der Waals surface area contributed by atoms with E-state index < -0.39 is 44.6 Å². The second-order valence-corrected chi connectivity index (χ2v) is 20.9. The van der Waals surface area contributed by atoms with Crippen molar-refractivity contribution in [3.63, 3.8) is 0 Å². The predicted molar refractivity (Wildman–Crippen MR) is 223 cm³/mol. The molecule has 2 atom stereocenters. The number of fused-ring (bicyclic) bond motifs is 1. The van der Waals surface area contributed by atoms with Crippen LogP contribution in [0.15, 0.2) is 108 Å². The van der Waals surface area contributed by atoms with E-state index in [1.54, 1.807) is 37.6 Å². The zero-order valence-corrected chi connectivity index (χ0v) is 34.9. The number of oxazole rings is 1. The number of hydrogen-bond donors (Lipinski definition) is 2. The molecule has 0 saturated carbocycles. The lowest BCUT2D eigenvalue weighted by Gasteiger charge is -2.44. The maximum absolute atomic E-state index is 14.7. The molecule has 0 saturated heterocycles. The number of carboxylic acid groups (broad SMARTS) is 1. The molecule has 3 aromatic carbocycles. The minimum atomic E-state index is -4.56. The summed E-state index contributed by atoms with van der Waals surface area (Å²) in [6.45, 7) is 11.7.